The molecule has 0 fully saturated rings. The summed E-state index contributed by atoms with van der Waals surface area (Å²) >= 11 is 3.45. The first-order chi connectivity index (χ1) is 10.7. The monoisotopic (exact) mass is 330 g/mol. The van der Waals surface area contributed by atoms with Crippen LogP contribution in [-0.2, 0) is 0 Å². The fourth-order valence-electron chi connectivity index (χ4n) is 2.27. The summed E-state index contributed by atoms with van der Waals surface area (Å²) in [7, 11) is 0. The largest absolute Gasteiger partial charge is 0.271 e. The van der Waals surface area contributed by atoms with Crippen molar-refractivity contribution in [1.82, 2.24) is 5.01 Å². The Balaban J connectivity index is 1.84. The number of anilines is 1. The Morgan fingerprint density at radius 1 is 0.909 bits per heavy atom. The van der Waals surface area contributed by atoms with Crippen LogP contribution in [0.1, 0.15) is 5.56 Å². The molecule has 22 heavy (non-hydrogen) atoms. The van der Waals surface area contributed by atoms with Gasteiger partial charge in [0.2, 0.25) is 0 Å². The maximum Gasteiger partial charge on any atom is 0.172 e. The van der Waals surface area contributed by atoms with Crippen LogP contribution in [-0.4, -0.2) is 30.0 Å². The fourth-order valence-corrected chi connectivity index (χ4v) is 3.09. The van der Waals surface area contributed by atoms with Crippen molar-refractivity contribution in [3.05, 3.63) is 54.1 Å². The Bertz CT molecular complexity index is 668. The lowest BCUT2D eigenvalue weighted by Crippen LogP contribution is -2.37. The van der Waals surface area contributed by atoms with Crippen LogP contribution in [0, 0.1) is 0 Å². The molecule has 0 aromatic heterocycles. The number of hydrogen-bond donors (Lipinski definition) is 1. The molecular weight excluding hydrogens is 312 g/mol. The lowest BCUT2D eigenvalue weighted by molar-refractivity contribution is 0.471. The van der Waals surface area contributed by atoms with Gasteiger partial charge >= 0.3 is 0 Å². The van der Waals surface area contributed by atoms with Gasteiger partial charge in [0.15, 0.2) is 5.84 Å². The van der Waals surface area contributed by atoms with Gasteiger partial charge in [-0.1, -0.05) is 12.1 Å². The molecule has 0 aliphatic carbocycles. The zero-order valence-electron chi connectivity index (χ0n) is 12.6. The van der Waals surface area contributed by atoms with Crippen LogP contribution in [0.15, 0.2) is 63.4 Å². The first-order valence-corrected chi connectivity index (χ1v) is 9.33. The maximum atomic E-state index is 6.12. The number of benzene rings is 2. The highest BCUT2D eigenvalue weighted by atomic mass is 32.2. The fraction of sp³-hybridized carbons (Fsp3) is 0.188. The van der Waals surface area contributed by atoms with Crippen molar-refractivity contribution >= 4 is 35.0 Å². The lowest BCUT2D eigenvalue weighted by Gasteiger charge is -2.16. The lowest BCUT2D eigenvalue weighted by atomic mass is 10.2. The van der Waals surface area contributed by atoms with Gasteiger partial charge in [-0.15, -0.1) is 23.5 Å². The molecule has 2 aromatic carbocycles. The molecule has 0 unspecified atom stereocenters. The molecule has 4 nitrogen and oxygen atoms in total. The predicted molar refractivity (Wildman–Crippen MR) is 96.4 cm³/mol. The molecule has 0 saturated carbocycles. The molecule has 1 aliphatic heterocycles. The highest BCUT2D eigenvalue weighted by Crippen LogP contribution is 2.24. The first-order valence-electron chi connectivity index (χ1n) is 6.88. The highest BCUT2D eigenvalue weighted by Gasteiger charge is 2.22. The second-order valence-electron chi connectivity index (χ2n) is 4.86. The summed E-state index contributed by atoms with van der Waals surface area (Å²) in [5, 5.41) is 8.25. The molecule has 1 aliphatic rings. The van der Waals surface area contributed by atoms with Crippen LogP contribution in [0.25, 0.3) is 0 Å². The van der Waals surface area contributed by atoms with Crippen LogP contribution in [0.3, 0.4) is 0 Å². The zero-order valence-corrected chi connectivity index (χ0v) is 14.2. The van der Waals surface area contributed by atoms with Crippen molar-refractivity contribution in [2.45, 2.75) is 9.79 Å². The molecular formula is C16H18N4S2. The van der Waals surface area contributed by atoms with E-state index < -0.39 is 0 Å². The number of hydrazine groups is 1. The zero-order chi connectivity index (χ0) is 15.5. The van der Waals surface area contributed by atoms with E-state index in [-0.39, 0.29) is 0 Å². The van der Waals surface area contributed by atoms with E-state index in [1.807, 2.05) is 5.01 Å². The summed E-state index contributed by atoms with van der Waals surface area (Å²) in [6.07, 6.45) is 4.14. The second-order valence-corrected chi connectivity index (χ2v) is 6.62. The average Bonchev–Trinajstić information content (AvgIpc) is 2.97. The molecule has 0 radical (unpaired) electrons. The summed E-state index contributed by atoms with van der Waals surface area (Å²) in [5.41, 5.74) is 2.08. The van der Waals surface area contributed by atoms with Gasteiger partial charge < -0.3 is 0 Å². The van der Waals surface area contributed by atoms with Gasteiger partial charge in [0.05, 0.1) is 5.69 Å². The third-order valence-electron chi connectivity index (χ3n) is 3.49. The molecule has 0 spiro atoms. The Hall–Kier alpha value is -1.63. The minimum absolute atomic E-state index is 0.554. The third-order valence-corrected chi connectivity index (χ3v) is 4.98. The van der Waals surface area contributed by atoms with Crippen molar-refractivity contribution in [1.29, 1.82) is 0 Å². The van der Waals surface area contributed by atoms with Crippen molar-refractivity contribution in [2.75, 3.05) is 24.2 Å². The van der Waals surface area contributed by atoms with E-state index in [0.29, 0.717) is 6.67 Å². The number of nitrogens with zero attached hydrogens (tertiary/aromatic N) is 3. The van der Waals surface area contributed by atoms with Gasteiger partial charge in [0.25, 0.3) is 0 Å². The summed E-state index contributed by atoms with van der Waals surface area (Å²) in [6, 6.07) is 16.6. The standard InChI is InChI=1S/C16H18N4S2/c1-21-14-7-3-12(4-8-14)16-18-20(11-19(16)17)13-5-9-15(22-2)10-6-13/h3-10H,11,17H2,1-2H3. The molecule has 2 aromatic rings. The van der Waals surface area contributed by atoms with Crippen LogP contribution in [0.4, 0.5) is 5.69 Å². The summed E-state index contributed by atoms with van der Waals surface area (Å²) in [6.45, 7) is 0.554. The molecule has 114 valence electrons. The van der Waals surface area contributed by atoms with Gasteiger partial charge in [-0.2, -0.15) is 5.10 Å². The normalized spacial score (nSPS) is 14.4. The van der Waals surface area contributed by atoms with Gasteiger partial charge in [-0.3, -0.25) is 5.01 Å². The molecule has 6 heteroatoms. The van der Waals surface area contributed by atoms with E-state index in [9.17, 15) is 0 Å². The summed E-state index contributed by atoms with van der Waals surface area (Å²) < 4.78 is 0. The van der Waals surface area contributed by atoms with Crippen LogP contribution >= 0.6 is 23.5 Å². The highest BCUT2D eigenvalue weighted by molar-refractivity contribution is 7.98. The number of amidine groups is 1. The van der Waals surface area contributed by atoms with E-state index in [2.05, 4.69) is 66.1 Å². The topological polar surface area (TPSA) is 44.9 Å². The molecule has 0 bridgehead atoms. The smallest absolute Gasteiger partial charge is 0.172 e. The Morgan fingerprint density at radius 2 is 1.45 bits per heavy atom. The molecule has 2 N–H and O–H groups in total. The number of hydrazone groups is 1. The van der Waals surface area contributed by atoms with E-state index >= 15 is 0 Å². The van der Waals surface area contributed by atoms with Gasteiger partial charge in [-0.25, -0.2) is 10.9 Å². The summed E-state index contributed by atoms with van der Waals surface area (Å²) in [5.74, 6) is 6.91. The second kappa shape index (κ2) is 6.64. The van der Waals surface area contributed by atoms with Gasteiger partial charge in [0.1, 0.15) is 6.67 Å². The van der Waals surface area contributed by atoms with Crippen LogP contribution in [0.5, 0.6) is 0 Å². The number of nitrogens with two attached hydrogens (primary N) is 1. The number of hydrogen-bond acceptors (Lipinski definition) is 6. The van der Waals surface area contributed by atoms with Crippen LogP contribution in [0.2, 0.25) is 0 Å². The molecule has 1 heterocycles. The third kappa shape index (κ3) is 3.09. The average molecular weight is 330 g/mol. The molecule has 0 amide bonds. The Kier molecular flexibility index (Phi) is 4.61. The van der Waals surface area contributed by atoms with E-state index in [0.717, 1.165) is 17.1 Å². The summed E-state index contributed by atoms with van der Waals surface area (Å²) in [4.78, 5) is 2.47. The SMILES string of the molecule is CSc1ccc(C2=NN(c3ccc(SC)cc3)CN2N)cc1. The maximum absolute atomic E-state index is 6.12. The van der Waals surface area contributed by atoms with Crippen molar-refractivity contribution in [2.24, 2.45) is 10.9 Å². The number of thioether (sulfide) groups is 2. The molecule has 0 saturated heterocycles. The number of rotatable bonds is 4. The van der Waals surface area contributed by atoms with E-state index in [4.69, 9.17) is 5.84 Å². The molecule has 3 rings (SSSR count). The Labute approximate surface area is 139 Å². The first kappa shape index (κ1) is 15.3. The molecule has 0 atom stereocenters. The minimum Gasteiger partial charge on any atom is -0.271 e. The minimum atomic E-state index is 0.554. The predicted octanol–water partition coefficient (Wildman–Crippen LogP) is 3.45. The van der Waals surface area contributed by atoms with Crippen molar-refractivity contribution < 1.29 is 0 Å². The Morgan fingerprint density at radius 3 is 2.00 bits per heavy atom. The van der Waals surface area contributed by atoms with Gasteiger partial charge in [0, 0.05) is 15.4 Å². The van der Waals surface area contributed by atoms with Crippen LogP contribution < -0.4 is 10.9 Å². The van der Waals surface area contributed by atoms with Gasteiger partial charge in [-0.05, 0) is 48.9 Å². The van der Waals surface area contributed by atoms with Crippen molar-refractivity contribution in [3.8, 4) is 0 Å². The van der Waals surface area contributed by atoms with E-state index in [1.165, 1.54) is 9.79 Å². The quantitative estimate of drug-likeness (QED) is 0.687. The van der Waals surface area contributed by atoms with E-state index in [1.54, 1.807) is 28.5 Å². The van der Waals surface area contributed by atoms with Crippen molar-refractivity contribution in [3.63, 3.8) is 0 Å².